The number of hydrogen-bond donors (Lipinski definition) is 1. The molecule has 19 heavy (non-hydrogen) atoms. The second-order valence-electron chi connectivity index (χ2n) is 4.74. The fourth-order valence-corrected chi connectivity index (χ4v) is 1.79. The van der Waals surface area contributed by atoms with Crippen molar-refractivity contribution in [3.63, 3.8) is 0 Å². The number of carbonyl (C=O) groups excluding carboxylic acids is 1. The summed E-state index contributed by atoms with van der Waals surface area (Å²) in [6, 6.07) is 13.3. The highest BCUT2D eigenvalue weighted by Crippen LogP contribution is 2.16. The fraction of sp³-hybridized carbons (Fsp3) is 0.188. The van der Waals surface area contributed by atoms with Gasteiger partial charge in [0, 0.05) is 11.3 Å². The molecule has 1 amide bonds. The van der Waals surface area contributed by atoms with Gasteiger partial charge >= 0.3 is 0 Å². The Morgan fingerprint density at radius 3 is 2.37 bits per heavy atom. The van der Waals surface area contributed by atoms with Crippen LogP contribution in [0.25, 0.3) is 0 Å². The zero-order chi connectivity index (χ0) is 13.8. The Morgan fingerprint density at radius 1 is 1.11 bits per heavy atom. The van der Waals surface area contributed by atoms with Crippen LogP contribution in [0.1, 0.15) is 35.7 Å². The molecule has 0 spiro atoms. The maximum absolute atomic E-state index is 13.0. The number of carbonyl (C=O) groups is 1. The van der Waals surface area contributed by atoms with Crippen molar-refractivity contribution in [3.05, 3.63) is 65.5 Å². The van der Waals surface area contributed by atoms with Crippen molar-refractivity contribution >= 4 is 11.6 Å². The van der Waals surface area contributed by atoms with Gasteiger partial charge in [0.05, 0.1) is 0 Å². The Hall–Kier alpha value is -2.16. The minimum atomic E-state index is -0.368. The SMILES string of the molecule is CC(C)c1ccc(C(=O)Nc2cccc(F)c2)cc1. The molecule has 2 aromatic carbocycles. The quantitative estimate of drug-likeness (QED) is 0.877. The van der Waals surface area contributed by atoms with Crippen LogP contribution in [0.5, 0.6) is 0 Å². The number of anilines is 1. The van der Waals surface area contributed by atoms with Crippen LogP contribution in [0.3, 0.4) is 0 Å². The first-order chi connectivity index (χ1) is 9.06. The number of halogens is 1. The molecule has 0 heterocycles. The molecule has 0 saturated carbocycles. The summed E-state index contributed by atoms with van der Waals surface area (Å²) in [4.78, 5) is 12.0. The number of rotatable bonds is 3. The van der Waals surface area contributed by atoms with Crippen LogP contribution in [0.2, 0.25) is 0 Å². The smallest absolute Gasteiger partial charge is 0.255 e. The van der Waals surface area contributed by atoms with Crippen LogP contribution in [0, 0.1) is 5.82 Å². The first kappa shape index (κ1) is 13.3. The zero-order valence-electron chi connectivity index (χ0n) is 11.0. The Morgan fingerprint density at radius 2 is 1.79 bits per heavy atom. The summed E-state index contributed by atoms with van der Waals surface area (Å²) in [5.74, 6) is -0.172. The predicted molar refractivity (Wildman–Crippen MR) is 74.9 cm³/mol. The lowest BCUT2D eigenvalue weighted by Gasteiger charge is -2.08. The second kappa shape index (κ2) is 5.65. The van der Waals surface area contributed by atoms with Crippen molar-refractivity contribution in [3.8, 4) is 0 Å². The summed E-state index contributed by atoms with van der Waals surface area (Å²) < 4.78 is 13.0. The molecule has 0 fully saturated rings. The van der Waals surface area contributed by atoms with Gasteiger partial charge in [-0.25, -0.2) is 4.39 Å². The van der Waals surface area contributed by atoms with Gasteiger partial charge in [-0.2, -0.15) is 0 Å². The summed E-state index contributed by atoms with van der Waals surface area (Å²) in [7, 11) is 0. The molecular formula is C16H16FNO. The van der Waals surface area contributed by atoms with Gasteiger partial charge in [-0.05, 0) is 41.8 Å². The van der Waals surface area contributed by atoms with E-state index in [1.54, 1.807) is 24.3 Å². The van der Waals surface area contributed by atoms with Crippen LogP contribution in [-0.4, -0.2) is 5.91 Å². The van der Waals surface area contributed by atoms with Crippen LogP contribution in [0.15, 0.2) is 48.5 Å². The molecule has 98 valence electrons. The highest BCUT2D eigenvalue weighted by atomic mass is 19.1. The molecule has 1 N–H and O–H groups in total. The van der Waals surface area contributed by atoms with Crippen molar-refractivity contribution in [1.29, 1.82) is 0 Å². The third kappa shape index (κ3) is 3.41. The number of amides is 1. The average Bonchev–Trinajstić information content (AvgIpc) is 2.39. The summed E-state index contributed by atoms with van der Waals surface area (Å²) in [6.07, 6.45) is 0. The summed E-state index contributed by atoms with van der Waals surface area (Å²) >= 11 is 0. The molecule has 2 nitrogen and oxygen atoms in total. The van der Waals surface area contributed by atoms with Crippen LogP contribution >= 0.6 is 0 Å². The summed E-state index contributed by atoms with van der Waals surface area (Å²) in [5.41, 5.74) is 2.20. The van der Waals surface area contributed by atoms with E-state index < -0.39 is 0 Å². The van der Waals surface area contributed by atoms with Gasteiger partial charge in [0.1, 0.15) is 5.82 Å². The standard InChI is InChI=1S/C16H16FNO/c1-11(2)12-6-8-13(9-7-12)16(19)18-15-5-3-4-14(17)10-15/h3-11H,1-2H3,(H,18,19). The molecule has 0 aliphatic heterocycles. The Bertz CT molecular complexity index is 576. The number of nitrogens with one attached hydrogen (secondary N) is 1. The van der Waals surface area contributed by atoms with Crippen LogP contribution in [-0.2, 0) is 0 Å². The molecule has 0 aliphatic rings. The van der Waals surface area contributed by atoms with E-state index in [4.69, 9.17) is 0 Å². The zero-order valence-corrected chi connectivity index (χ0v) is 11.0. The lowest BCUT2D eigenvalue weighted by Crippen LogP contribution is -2.11. The lowest BCUT2D eigenvalue weighted by molar-refractivity contribution is 0.102. The third-order valence-electron chi connectivity index (χ3n) is 2.92. The maximum atomic E-state index is 13.0. The minimum absolute atomic E-state index is 0.235. The van der Waals surface area contributed by atoms with E-state index in [2.05, 4.69) is 19.2 Å². The van der Waals surface area contributed by atoms with Gasteiger partial charge in [0.25, 0.3) is 5.91 Å². The van der Waals surface area contributed by atoms with E-state index in [1.165, 1.54) is 17.7 Å². The molecule has 0 atom stereocenters. The molecule has 0 unspecified atom stereocenters. The number of benzene rings is 2. The molecule has 0 aliphatic carbocycles. The van der Waals surface area contributed by atoms with Crippen molar-refractivity contribution in [2.45, 2.75) is 19.8 Å². The fourth-order valence-electron chi connectivity index (χ4n) is 1.79. The molecule has 2 aromatic rings. The van der Waals surface area contributed by atoms with E-state index in [-0.39, 0.29) is 11.7 Å². The second-order valence-corrected chi connectivity index (χ2v) is 4.74. The van der Waals surface area contributed by atoms with Gasteiger partial charge < -0.3 is 5.32 Å². The van der Waals surface area contributed by atoms with Gasteiger partial charge in [0.15, 0.2) is 0 Å². The van der Waals surface area contributed by atoms with Crippen LogP contribution < -0.4 is 5.32 Å². The highest BCUT2D eigenvalue weighted by molar-refractivity contribution is 6.04. The molecule has 2 rings (SSSR count). The van der Waals surface area contributed by atoms with Gasteiger partial charge in [-0.15, -0.1) is 0 Å². The van der Waals surface area contributed by atoms with Gasteiger partial charge in [-0.1, -0.05) is 32.0 Å². The highest BCUT2D eigenvalue weighted by Gasteiger charge is 2.07. The summed E-state index contributed by atoms with van der Waals surface area (Å²) in [6.45, 7) is 4.20. The third-order valence-corrected chi connectivity index (χ3v) is 2.92. The predicted octanol–water partition coefficient (Wildman–Crippen LogP) is 4.20. The van der Waals surface area contributed by atoms with E-state index >= 15 is 0 Å². The lowest BCUT2D eigenvalue weighted by atomic mass is 10.0. The Balaban J connectivity index is 2.11. The van der Waals surface area contributed by atoms with Crippen molar-refractivity contribution in [1.82, 2.24) is 0 Å². The first-order valence-corrected chi connectivity index (χ1v) is 6.23. The van der Waals surface area contributed by atoms with E-state index in [0.29, 0.717) is 17.2 Å². The molecule has 0 saturated heterocycles. The van der Waals surface area contributed by atoms with Gasteiger partial charge in [-0.3, -0.25) is 4.79 Å². The molecule has 0 aromatic heterocycles. The summed E-state index contributed by atoms with van der Waals surface area (Å²) in [5, 5.41) is 2.67. The molecular weight excluding hydrogens is 241 g/mol. The van der Waals surface area contributed by atoms with Crippen molar-refractivity contribution in [2.24, 2.45) is 0 Å². The van der Waals surface area contributed by atoms with E-state index in [0.717, 1.165) is 0 Å². The molecule has 0 bridgehead atoms. The largest absolute Gasteiger partial charge is 0.322 e. The molecule has 0 radical (unpaired) electrons. The van der Waals surface area contributed by atoms with Crippen molar-refractivity contribution in [2.75, 3.05) is 5.32 Å². The Kier molecular flexibility index (Phi) is 3.95. The maximum Gasteiger partial charge on any atom is 0.255 e. The Labute approximate surface area is 112 Å². The number of hydrogen-bond acceptors (Lipinski definition) is 1. The monoisotopic (exact) mass is 257 g/mol. The average molecular weight is 257 g/mol. The van der Waals surface area contributed by atoms with Gasteiger partial charge in [0.2, 0.25) is 0 Å². The molecule has 3 heteroatoms. The minimum Gasteiger partial charge on any atom is -0.322 e. The normalized spacial score (nSPS) is 10.5. The topological polar surface area (TPSA) is 29.1 Å². The van der Waals surface area contributed by atoms with Crippen molar-refractivity contribution < 1.29 is 9.18 Å². The van der Waals surface area contributed by atoms with Crippen LogP contribution in [0.4, 0.5) is 10.1 Å². The first-order valence-electron chi connectivity index (χ1n) is 6.23. The van der Waals surface area contributed by atoms with E-state index in [9.17, 15) is 9.18 Å². The van der Waals surface area contributed by atoms with E-state index in [1.807, 2.05) is 12.1 Å².